The van der Waals surface area contributed by atoms with Crippen LogP contribution in [0.15, 0.2) is 42.6 Å². The SMILES string of the molecule is CCOc1cc(-c2cc(NCCn3c(C)cc4c(OCC(F)F)ccc(F)c43)ccn2)sc1C(=O)OC. The van der Waals surface area contributed by atoms with E-state index >= 15 is 0 Å². The number of benzene rings is 1. The molecule has 1 aromatic carbocycles. The zero-order valence-corrected chi connectivity index (χ0v) is 21.3. The lowest BCUT2D eigenvalue weighted by molar-refractivity contribution is 0.0602. The summed E-state index contributed by atoms with van der Waals surface area (Å²) >= 11 is 1.23. The number of anilines is 1. The van der Waals surface area contributed by atoms with E-state index in [1.165, 1.54) is 30.6 Å². The number of pyridine rings is 1. The van der Waals surface area contributed by atoms with Crippen LogP contribution in [0.5, 0.6) is 11.5 Å². The number of rotatable bonds is 11. The fourth-order valence-electron chi connectivity index (χ4n) is 3.99. The molecule has 0 spiro atoms. The van der Waals surface area contributed by atoms with E-state index in [1.807, 2.05) is 19.9 Å². The molecule has 1 N–H and O–H groups in total. The minimum Gasteiger partial charge on any atom is -0.492 e. The smallest absolute Gasteiger partial charge is 0.351 e. The third kappa shape index (κ3) is 5.82. The highest BCUT2D eigenvalue weighted by molar-refractivity contribution is 7.17. The molecule has 0 atom stereocenters. The molecule has 0 amide bonds. The number of nitrogens with zero attached hydrogens (tertiary/aromatic N) is 2. The average Bonchev–Trinajstić information content (AvgIpc) is 3.45. The van der Waals surface area contributed by atoms with Gasteiger partial charge < -0.3 is 24.1 Å². The summed E-state index contributed by atoms with van der Waals surface area (Å²) in [5.74, 6) is -0.261. The maximum absolute atomic E-state index is 14.7. The van der Waals surface area contributed by atoms with Gasteiger partial charge in [-0.1, -0.05) is 0 Å². The first-order valence-corrected chi connectivity index (χ1v) is 12.4. The summed E-state index contributed by atoms with van der Waals surface area (Å²) in [5.41, 5.74) is 2.52. The number of aryl methyl sites for hydroxylation is 1. The van der Waals surface area contributed by atoms with E-state index in [1.54, 1.807) is 29.0 Å². The Balaban J connectivity index is 1.51. The Morgan fingerprint density at radius 3 is 2.70 bits per heavy atom. The van der Waals surface area contributed by atoms with Crippen molar-refractivity contribution in [1.29, 1.82) is 0 Å². The van der Waals surface area contributed by atoms with Crippen LogP contribution < -0.4 is 14.8 Å². The van der Waals surface area contributed by atoms with Gasteiger partial charge in [-0.15, -0.1) is 11.3 Å². The van der Waals surface area contributed by atoms with Gasteiger partial charge in [0.25, 0.3) is 6.43 Å². The highest BCUT2D eigenvalue weighted by Crippen LogP contribution is 2.37. The monoisotopic (exact) mass is 533 g/mol. The number of fused-ring (bicyclic) bond motifs is 1. The molecule has 3 heterocycles. The summed E-state index contributed by atoms with van der Waals surface area (Å²) in [4.78, 5) is 17.6. The van der Waals surface area contributed by atoms with Gasteiger partial charge in [0, 0.05) is 42.1 Å². The van der Waals surface area contributed by atoms with E-state index in [0.717, 1.165) is 16.3 Å². The molecule has 0 saturated heterocycles. The normalized spacial score (nSPS) is 11.2. The fourth-order valence-corrected chi connectivity index (χ4v) is 4.98. The van der Waals surface area contributed by atoms with E-state index in [0.29, 0.717) is 46.9 Å². The van der Waals surface area contributed by atoms with Crippen molar-refractivity contribution in [2.24, 2.45) is 0 Å². The predicted molar refractivity (Wildman–Crippen MR) is 137 cm³/mol. The van der Waals surface area contributed by atoms with Crippen molar-refractivity contribution >= 4 is 33.9 Å². The summed E-state index contributed by atoms with van der Waals surface area (Å²) < 4.78 is 57.3. The maximum atomic E-state index is 14.7. The van der Waals surface area contributed by atoms with Gasteiger partial charge in [0.2, 0.25) is 0 Å². The van der Waals surface area contributed by atoms with E-state index in [2.05, 4.69) is 10.3 Å². The van der Waals surface area contributed by atoms with Crippen molar-refractivity contribution in [2.75, 3.05) is 32.2 Å². The molecule has 37 heavy (non-hydrogen) atoms. The molecule has 3 aromatic heterocycles. The van der Waals surface area contributed by atoms with E-state index in [-0.39, 0.29) is 5.75 Å². The average molecular weight is 534 g/mol. The Morgan fingerprint density at radius 1 is 1.16 bits per heavy atom. The molecule has 4 rings (SSSR count). The first kappa shape index (κ1) is 26.3. The molecule has 196 valence electrons. The summed E-state index contributed by atoms with van der Waals surface area (Å²) in [5, 5.41) is 3.76. The van der Waals surface area contributed by atoms with Crippen molar-refractivity contribution in [2.45, 2.75) is 26.8 Å². The standard InChI is InChI=1S/C26H26F3N3O4S/c1-4-35-21-13-22(37-25(21)26(33)34-3)19-12-16(7-8-31-19)30-9-10-32-15(2)11-17-20(36-14-23(28)29)6-5-18(27)24(17)32/h5-8,11-13,23H,4,9-10,14H2,1-3H3,(H,30,31). The van der Waals surface area contributed by atoms with Crippen LogP contribution in [-0.2, 0) is 11.3 Å². The number of hydrogen-bond donors (Lipinski definition) is 1. The molecule has 0 aliphatic heterocycles. The van der Waals surface area contributed by atoms with E-state index < -0.39 is 24.8 Å². The number of carbonyl (C=O) groups excluding carboxylic acids is 1. The van der Waals surface area contributed by atoms with Gasteiger partial charge in [0.15, 0.2) is 4.88 Å². The van der Waals surface area contributed by atoms with Gasteiger partial charge in [0.1, 0.15) is 23.9 Å². The minimum absolute atomic E-state index is 0.221. The second-order valence-corrected chi connectivity index (χ2v) is 9.08. The van der Waals surface area contributed by atoms with Crippen LogP contribution in [0, 0.1) is 12.7 Å². The largest absolute Gasteiger partial charge is 0.492 e. The number of ether oxygens (including phenoxy) is 3. The molecule has 0 radical (unpaired) electrons. The minimum atomic E-state index is -2.62. The molecule has 0 unspecified atom stereocenters. The van der Waals surface area contributed by atoms with Gasteiger partial charge in [-0.05, 0) is 44.2 Å². The predicted octanol–water partition coefficient (Wildman–Crippen LogP) is 6.15. The molecule has 0 fully saturated rings. The van der Waals surface area contributed by atoms with Crippen molar-refractivity contribution < 1.29 is 32.2 Å². The van der Waals surface area contributed by atoms with E-state index in [9.17, 15) is 18.0 Å². The lowest BCUT2D eigenvalue weighted by Crippen LogP contribution is -2.12. The molecule has 0 bridgehead atoms. The number of methoxy groups -OCH3 is 1. The quantitative estimate of drug-likeness (QED) is 0.233. The third-order valence-corrected chi connectivity index (χ3v) is 6.71. The summed E-state index contributed by atoms with van der Waals surface area (Å²) in [7, 11) is 1.32. The van der Waals surface area contributed by atoms with Crippen molar-refractivity contribution in [3.63, 3.8) is 0 Å². The molecule has 7 nitrogen and oxygen atoms in total. The second kappa shape index (κ2) is 11.5. The van der Waals surface area contributed by atoms with Gasteiger partial charge in [-0.25, -0.2) is 18.0 Å². The first-order chi connectivity index (χ1) is 17.8. The topological polar surface area (TPSA) is 74.6 Å². The number of thiophene rings is 1. The van der Waals surface area contributed by atoms with E-state index in [4.69, 9.17) is 14.2 Å². The van der Waals surface area contributed by atoms with Crippen LogP contribution >= 0.6 is 11.3 Å². The van der Waals surface area contributed by atoms with Crippen LogP contribution in [-0.4, -0.2) is 48.8 Å². The molecule has 4 aromatic rings. The number of alkyl halides is 2. The van der Waals surface area contributed by atoms with Crippen LogP contribution in [0.1, 0.15) is 22.3 Å². The lowest BCUT2D eigenvalue weighted by Gasteiger charge is -2.12. The van der Waals surface area contributed by atoms with Gasteiger partial charge >= 0.3 is 5.97 Å². The Labute approximate surface area is 215 Å². The van der Waals surface area contributed by atoms with Crippen molar-refractivity contribution in [3.8, 4) is 22.1 Å². The van der Waals surface area contributed by atoms with Gasteiger partial charge in [-0.2, -0.15) is 0 Å². The van der Waals surface area contributed by atoms with Crippen molar-refractivity contribution in [1.82, 2.24) is 9.55 Å². The Bertz CT molecular complexity index is 1400. The highest BCUT2D eigenvalue weighted by Gasteiger charge is 2.20. The Hall–Kier alpha value is -3.73. The van der Waals surface area contributed by atoms with Gasteiger partial charge in [-0.3, -0.25) is 4.98 Å². The molecule has 11 heteroatoms. The fraction of sp³-hybridized carbons (Fsp3) is 0.308. The highest BCUT2D eigenvalue weighted by atomic mass is 32.1. The zero-order chi connectivity index (χ0) is 26.5. The molecular weight excluding hydrogens is 507 g/mol. The molecule has 0 saturated carbocycles. The zero-order valence-electron chi connectivity index (χ0n) is 20.5. The maximum Gasteiger partial charge on any atom is 0.351 e. The number of halogens is 3. The lowest BCUT2D eigenvalue weighted by atomic mass is 10.2. The Morgan fingerprint density at radius 2 is 1.97 bits per heavy atom. The number of nitrogens with one attached hydrogen (secondary N) is 1. The summed E-state index contributed by atoms with van der Waals surface area (Å²) in [6.07, 6.45) is -0.970. The third-order valence-electron chi connectivity index (χ3n) is 5.59. The van der Waals surface area contributed by atoms with Crippen LogP contribution in [0.4, 0.5) is 18.9 Å². The number of aromatic nitrogens is 2. The second-order valence-electron chi connectivity index (χ2n) is 8.03. The summed E-state index contributed by atoms with van der Waals surface area (Å²) in [6, 6.07) is 9.74. The molecular formula is C26H26F3N3O4S. The van der Waals surface area contributed by atoms with Gasteiger partial charge in [0.05, 0.1) is 29.8 Å². The van der Waals surface area contributed by atoms with Crippen LogP contribution in [0.2, 0.25) is 0 Å². The number of hydrogen-bond acceptors (Lipinski definition) is 7. The van der Waals surface area contributed by atoms with Crippen molar-refractivity contribution in [3.05, 3.63) is 59.0 Å². The summed E-state index contributed by atoms with van der Waals surface area (Å²) in [6.45, 7) is 4.18. The number of carbonyl (C=O) groups is 1. The van der Waals surface area contributed by atoms with Crippen LogP contribution in [0.3, 0.4) is 0 Å². The molecule has 0 aliphatic carbocycles. The Kier molecular flexibility index (Phi) is 8.22. The number of esters is 1. The molecule has 0 aliphatic rings. The van der Waals surface area contributed by atoms with Crippen LogP contribution in [0.25, 0.3) is 21.5 Å². The first-order valence-electron chi connectivity index (χ1n) is 11.6.